The van der Waals surface area contributed by atoms with E-state index in [9.17, 15) is 14.9 Å². The smallest absolute Gasteiger partial charge is 0.266 e. The fourth-order valence-electron chi connectivity index (χ4n) is 2.94. The summed E-state index contributed by atoms with van der Waals surface area (Å²) in [6, 6.07) is 15.0. The zero-order chi connectivity index (χ0) is 22.5. The van der Waals surface area contributed by atoms with Gasteiger partial charge in [-0.1, -0.05) is 24.3 Å². The Labute approximate surface area is 185 Å². The normalized spacial score (nSPS) is 11.0. The molecule has 0 aliphatic rings. The Morgan fingerprint density at radius 2 is 1.84 bits per heavy atom. The van der Waals surface area contributed by atoms with Gasteiger partial charge in [0.2, 0.25) is 5.91 Å². The predicted molar refractivity (Wildman–Crippen MR) is 124 cm³/mol. The number of carbonyl (C=O) groups excluding carboxylic acids is 2. The molecule has 0 unspecified atom stereocenters. The zero-order valence-electron chi connectivity index (χ0n) is 17.8. The fourth-order valence-corrected chi connectivity index (χ4v) is 3.78. The van der Waals surface area contributed by atoms with Gasteiger partial charge in [-0.25, -0.2) is 4.98 Å². The lowest BCUT2D eigenvalue weighted by atomic mass is 10.1. The summed E-state index contributed by atoms with van der Waals surface area (Å²) < 4.78 is 0. The largest absolute Gasteiger partial charge is 0.321 e. The maximum Gasteiger partial charge on any atom is 0.266 e. The lowest BCUT2D eigenvalue weighted by Crippen LogP contribution is -2.22. The molecule has 1 aromatic heterocycles. The Hall–Kier alpha value is -3.76. The van der Waals surface area contributed by atoms with Crippen LogP contribution in [-0.4, -0.2) is 16.8 Å². The van der Waals surface area contributed by atoms with Gasteiger partial charge < -0.3 is 5.32 Å². The van der Waals surface area contributed by atoms with Crippen molar-refractivity contribution < 1.29 is 9.59 Å². The predicted octanol–water partition coefficient (Wildman–Crippen LogP) is 5.30. The summed E-state index contributed by atoms with van der Waals surface area (Å²) in [5.41, 5.74) is 4.83. The van der Waals surface area contributed by atoms with Gasteiger partial charge in [-0.3, -0.25) is 14.5 Å². The second-order valence-electron chi connectivity index (χ2n) is 7.12. The van der Waals surface area contributed by atoms with Gasteiger partial charge in [0.1, 0.15) is 11.6 Å². The monoisotopic (exact) mass is 430 g/mol. The van der Waals surface area contributed by atoms with Crippen LogP contribution >= 0.6 is 11.3 Å². The van der Waals surface area contributed by atoms with Crippen molar-refractivity contribution >= 4 is 45.7 Å². The van der Waals surface area contributed by atoms with Gasteiger partial charge in [-0.2, -0.15) is 5.26 Å². The van der Waals surface area contributed by atoms with Crippen molar-refractivity contribution in [2.75, 3.05) is 10.2 Å². The number of hydrogen-bond donors (Lipinski definition) is 1. The first kappa shape index (κ1) is 21.9. The molecular formula is C24H22N4O2S. The van der Waals surface area contributed by atoms with Crippen LogP contribution in [0.4, 0.5) is 16.5 Å². The molecule has 2 aromatic carbocycles. The van der Waals surface area contributed by atoms with Gasteiger partial charge in [-0.05, 0) is 61.7 Å². The molecule has 31 heavy (non-hydrogen) atoms. The van der Waals surface area contributed by atoms with Gasteiger partial charge >= 0.3 is 0 Å². The zero-order valence-corrected chi connectivity index (χ0v) is 18.6. The standard InChI is InChI=1S/C24H22N4O2S/c1-15-9-10-21(11-17(15)3)28(18(4)29)24-26-20(14-31-24)12-19(13-25)23(30)27-22-8-6-5-7-16(22)2/h5-12,14H,1-4H3,(H,27,30)/b19-12+. The van der Waals surface area contributed by atoms with E-state index < -0.39 is 5.91 Å². The lowest BCUT2D eigenvalue weighted by Gasteiger charge is -2.19. The number of para-hydroxylation sites is 1. The molecule has 0 radical (unpaired) electrons. The van der Waals surface area contributed by atoms with Crippen LogP contribution < -0.4 is 10.2 Å². The Bertz CT molecular complexity index is 1220. The minimum absolute atomic E-state index is 0.0688. The molecule has 0 aliphatic heterocycles. The van der Waals surface area contributed by atoms with Crippen LogP contribution in [0.5, 0.6) is 0 Å². The number of rotatable bonds is 5. The average molecular weight is 431 g/mol. The summed E-state index contributed by atoms with van der Waals surface area (Å²) >= 11 is 1.27. The molecule has 0 spiro atoms. The SMILES string of the molecule is CC(=O)N(c1ccc(C)c(C)c1)c1nc(/C=C(\C#N)C(=O)Nc2ccccc2C)cs1. The molecule has 0 saturated heterocycles. The molecule has 0 bridgehead atoms. The average Bonchev–Trinajstić information content (AvgIpc) is 3.18. The number of thiazole rings is 1. The van der Waals surface area contributed by atoms with E-state index in [1.54, 1.807) is 11.4 Å². The molecule has 1 N–H and O–H groups in total. The molecule has 0 fully saturated rings. The highest BCUT2D eigenvalue weighted by atomic mass is 32.1. The summed E-state index contributed by atoms with van der Waals surface area (Å²) in [4.78, 5) is 30.9. The number of anilines is 3. The fraction of sp³-hybridized carbons (Fsp3) is 0.167. The third-order valence-corrected chi connectivity index (χ3v) is 5.66. The molecule has 0 saturated carbocycles. The van der Waals surface area contributed by atoms with Crippen LogP contribution in [0, 0.1) is 32.1 Å². The van der Waals surface area contributed by atoms with Crippen LogP contribution in [0.1, 0.15) is 29.3 Å². The van der Waals surface area contributed by atoms with Crippen LogP contribution in [0.25, 0.3) is 6.08 Å². The van der Waals surface area contributed by atoms with Crippen molar-refractivity contribution in [2.24, 2.45) is 0 Å². The molecular weight excluding hydrogens is 408 g/mol. The molecule has 1 heterocycles. The quantitative estimate of drug-likeness (QED) is 0.440. The van der Waals surface area contributed by atoms with Crippen LogP contribution in [0.2, 0.25) is 0 Å². The lowest BCUT2D eigenvalue weighted by molar-refractivity contribution is -0.116. The topological polar surface area (TPSA) is 86.1 Å². The number of benzene rings is 2. The van der Waals surface area contributed by atoms with E-state index in [0.717, 1.165) is 22.4 Å². The number of carbonyl (C=O) groups is 2. The molecule has 0 atom stereocenters. The van der Waals surface area contributed by atoms with Crippen LogP contribution in [0.3, 0.4) is 0 Å². The summed E-state index contributed by atoms with van der Waals surface area (Å²) in [5.74, 6) is -0.685. The maximum atomic E-state index is 12.5. The van der Waals surface area contributed by atoms with Crippen molar-refractivity contribution in [3.8, 4) is 6.07 Å². The minimum atomic E-state index is -0.510. The number of amides is 2. The van der Waals surface area contributed by atoms with Gasteiger partial charge in [0.15, 0.2) is 5.13 Å². The molecule has 2 amide bonds. The highest BCUT2D eigenvalue weighted by Gasteiger charge is 2.19. The van der Waals surface area contributed by atoms with Gasteiger partial charge in [0.25, 0.3) is 5.91 Å². The molecule has 6 nitrogen and oxygen atoms in total. The summed E-state index contributed by atoms with van der Waals surface area (Å²) in [6.07, 6.45) is 1.42. The van der Waals surface area contributed by atoms with E-state index in [1.165, 1.54) is 29.2 Å². The highest BCUT2D eigenvalue weighted by molar-refractivity contribution is 7.14. The number of nitrogens with one attached hydrogen (secondary N) is 1. The van der Waals surface area contributed by atoms with Gasteiger partial charge in [0.05, 0.1) is 11.4 Å². The van der Waals surface area contributed by atoms with Crippen molar-refractivity contribution in [3.05, 3.63) is 75.8 Å². The van der Waals surface area contributed by atoms with E-state index in [0.29, 0.717) is 16.5 Å². The third kappa shape index (κ3) is 5.05. The summed E-state index contributed by atoms with van der Waals surface area (Å²) in [7, 11) is 0. The number of nitrogens with zero attached hydrogens (tertiary/aromatic N) is 3. The molecule has 3 rings (SSSR count). The Kier molecular flexibility index (Phi) is 6.63. The van der Waals surface area contributed by atoms with Crippen molar-refractivity contribution in [3.63, 3.8) is 0 Å². The Morgan fingerprint density at radius 1 is 1.10 bits per heavy atom. The van der Waals surface area contributed by atoms with E-state index in [1.807, 2.05) is 63.2 Å². The molecule has 3 aromatic rings. The number of aryl methyl sites for hydroxylation is 3. The maximum absolute atomic E-state index is 12.5. The Balaban J connectivity index is 1.88. The number of hydrogen-bond acceptors (Lipinski definition) is 5. The van der Waals surface area contributed by atoms with E-state index >= 15 is 0 Å². The first-order valence-corrected chi connectivity index (χ1v) is 10.5. The van der Waals surface area contributed by atoms with Gasteiger partial charge in [0, 0.05) is 18.0 Å². The van der Waals surface area contributed by atoms with Gasteiger partial charge in [-0.15, -0.1) is 11.3 Å². The minimum Gasteiger partial charge on any atom is -0.321 e. The molecule has 0 aliphatic carbocycles. The second-order valence-corrected chi connectivity index (χ2v) is 7.95. The second kappa shape index (κ2) is 9.37. The van der Waals surface area contributed by atoms with Crippen molar-refractivity contribution in [1.82, 2.24) is 4.98 Å². The first-order valence-electron chi connectivity index (χ1n) is 9.62. The highest BCUT2D eigenvalue weighted by Crippen LogP contribution is 2.30. The summed E-state index contributed by atoms with van der Waals surface area (Å²) in [5, 5.41) is 14.4. The summed E-state index contributed by atoms with van der Waals surface area (Å²) in [6.45, 7) is 7.35. The molecule has 7 heteroatoms. The van der Waals surface area contributed by atoms with Crippen LogP contribution in [-0.2, 0) is 9.59 Å². The molecule has 156 valence electrons. The van der Waals surface area contributed by atoms with E-state index in [4.69, 9.17) is 0 Å². The van der Waals surface area contributed by atoms with E-state index in [-0.39, 0.29) is 11.5 Å². The van der Waals surface area contributed by atoms with E-state index in [2.05, 4.69) is 10.3 Å². The van der Waals surface area contributed by atoms with Crippen LogP contribution in [0.15, 0.2) is 53.4 Å². The third-order valence-electron chi connectivity index (χ3n) is 4.82. The van der Waals surface area contributed by atoms with Crippen molar-refractivity contribution in [1.29, 1.82) is 5.26 Å². The van der Waals surface area contributed by atoms with Crippen molar-refractivity contribution in [2.45, 2.75) is 27.7 Å². The number of aromatic nitrogens is 1. The number of nitriles is 1. The first-order chi connectivity index (χ1) is 14.8. The Morgan fingerprint density at radius 3 is 2.48 bits per heavy atom.